The monoisotopic (exact) mass is 375 g/mol. The van der Waals surface area contributed by atoms with E-state index in [1.165, 1.54) is 10.7 Å². The Balaban J connectivity index is 1.52. The number of carbonyl (C=O) groups is 2. The van der Waals surface area contributed by atoms with E-state index in [0.717, 1.165) is 12.8 Å². The lowest BCUT2D eigenvalue weighted by Crippen LogP contribution is -2.42. The number of aromatic nitrogens is 2. The highest BCUT2D eigenvalue weighted by atomic mass is 16.2. The zero-order valence-corrected chi connectivity index (χ0v) is 15.4. The van der Waals surface area contributed by atoms with Gasteiger partial charge in [0.05, 0.1) is 5.69 Å². The van der Waals surface area contributed by atoms with Crippen molar-refractivity contribution in [2.75, 3.05) is 13.1 Å². The molecule has 0 radical (unpaired) electrons. The molecule has 1 fully saturated rings. The number of ketones is 1. The predicted molar refractivity (Wildman–Crippen MR) is 106 cm³/mol. The van der Waals surface area contributed by atoms with Crippen LogP contribution in [0.2, 0.25) is 0 Å². The third kappa shape index (κ3) is 3.53. The third-order valence-corrected chi connectivity index (χ3v) is 5.10. The van der Waals surface area contributed by atoms with Crippen molar-refractivity contribution in [3.05, 3.63) is 88.3 Å². The second-order valence-electron chi connectivity index (χ2n) is 7.00. The predicted octanol–water partition coefficient (Wildman–Crippen LogP) is 2.90. The van der Waals surface area contributed by atoms with Crippen molar-refractivity contribution >= 4 is 11.7 Å². The molecule has 6 heteroatoms. The molecule has 0 aliphatic carbocycles. The molecule has 2 aromatic carbocycles. The molecule has 1 saturated heterocycles. The Labute approximate surface area is 162 Å². The molecule has 0 bridgehead atoms. The van der Waals surface area contributed by atoms with Crippen molar-refractivity contribution in [2.45, 2.75) is 12.8 Å². The third-order valence-electron chi connectivity index (χ3n) is 5.10. The minimum Gasteiger partial charge on any atom is -0.337 e. The summed E-state index contributed by atoms with van der Waals surface area (Å²) in [7, 11) is 0. The maximum Gasteiger partial charge on any atom is 0.271 e. The van der Waals surface area contributed by atoms with Gasteiger partial charge in [-0.15, -0.1) is 0 Å². The Kier molecular flexibility index (Phi) is 4.93. The van der Waals surface area contributed by atoms with Crippen LogP contribution in [0.5, 0.6) is 0 Å². The van der Waals surface area contributed by atoms with E-state index in [0.29, 0.717) is 24.3 Å². The minimum absolute atomic E-state index is 0.0634. The smallest absolute Gasteiger partial charge is 0.271 e. The fourth-order valence-corrected chi connectivity index (χ4v) is 3.66. The number of carbonyl (C=O) groups excluding carboxylic acids is 2. The van der Waals surface area contributed by atoms with Gasteiger partial charge in [-0.05, 0) is 25.0 Å². The number of Topliss-reactive ketones (excluding diaryl/α,β-unsaturated/α-hetero) is 1. The zero-order valence-electron chi connectivity index (χ0n) is 15.4. The van der Waals surface area contributed by atoms with Crippen molar-refractivity contribution in [1.82, 2.24) is 14.7 Å². The molecule has 1 atom stereocenters. The van der Waals surface area contributed by atoms with E-state index in [4.69, 9.17) is 0 Å². The molecule has 3 aromatic rings. The summed E-state index contributed by atoms with van der Waals surface area (Å²) in [4.78, 5) is 39.6. The number of piperidine rings is 1. The van der Waals surface area contributed by atoms with E-state index in [-0.39, 0.29) is 28.9 Å². The number of benzene rings is 2. The molecule has 6 nitrogen and oxygen atoms in total. The lowest BCUT2D eigenvalue weighted by molar-refractivity contribution is 0.0631. The van der Waals surface area contributed by atoms with Gasteiger partial charge < -0.3 is 4.90 Å². The molecule has 0 spiro atoms. The molecular formula is C22H21N3O3. The van der Waals surface area contributed by atoms with Crippen LogP contribution in [0.1, 0.15) is 33.7 Å². The molecule has 1 N–H and O–H groups in total. The van der Waals surface area contributed by atoms with Crippen molar-refractivity contribution in [3.8, 4) is 5.69 Å². The average Bonchev–Trinajstić information content (AvgIpc) is 3.15. The maximum absolute atomic E-state index is 12.9. The van der Waals surface area contributed by atoms with Crippen LogP contribution >= 0.6 is 0 Å². The summed E-state index contributed by atoms with van der Waals surface area (Å²) in [5, 5.41) is 2.90. The molecule has 0 unspecified atom stereocenters. The first kappa shape index (κ1) is 18.0. The summed E-state index contributed by atoms with van der Waals surface area (Å²) in [6.07, 6.45) is 1.53. The van der Waals surface area contributed by atoms with E-state index in [9.17, 15) is 14.4 Å². The summed E-state index contributed by atoms with van der Waals surface area (Å²) in [6.45, 7) is 0.945. The summed E-state index contributed by atoms with van der Waals surface area (Å²) in [6, 6.07) is 19.6. The van der Waals surface area contributed by atoms with Crippen LogP contribution in [-0.2, 0) is 0 Å². The van der Waals surface area contributed by atoms with Crippen molar-refractivity contribution in [3.63, 3.8) is 0 Å². The number of amides is 1. The van der Waals surface area contributed by atoms with Gasteiger partial charge >= 0.3 is 0 Å². The number of hydrogen-bond acceptors (Lipinski definition) is 3. The Morgan fingerprint density at radius 1 is 0.964 bits per heavy atom. The van der Waals surface area contributed by atoms with Gasteiger partial charge in [0.15, 0.2) is 5.78 Å². The lowest BCUT2D eigenvalue weighted by Gasteiger charge is -2.31. The number of aromatic amines is 1. The van der Waals surface area contributed by atoms with Gasteiger partial charge in [-0.3, -0.25) is 19.5 Å². The number of H-pyrrole nitrogens is 1. The fourth-order valence-electron chi connectivity index (χ4n) is 3.66. The Morgan fingerprint density at radius 2 is 1.64 bits per heavy atom. The first-order valence-corrected chi connectivity index (χ1v) is 9.39. The molecule has 1 aliphatic heterocycles. The second-order valence-corrected chi connectivity index (χ2v) is 7.00. The molecule has 0 saturated carbocycles. The van der Waals surface area contributed by atoms with Gasteiger partial charge in [0, 0.05) is 30.6 Å². The van der Waals surface area contributed by atoms with Crippen molar-refractivity contribution in [2.24, 2.45) is 5.92 Å². The van der Waals surface area contributed by atoms with Crippen molar-refractivity contribution in [1.29, 1.82) is 0 Å². The number of rotatable bonds is 4. The molecule has 4 rings (SSSR count). The van der Waals surface area contributed by atoms with Crippen LogP contribution in [0.15, 0.2) is 71.5 Å². The highest BCUT2D eigenvalue weighted by Crippen LogP contribution is 2.22. The Hall–Kier alpha value is -3.41. The normalized spacial score (nSPS) is 16.7. The van der Waals surface area contributed by atoms with Gasteiger partial charge in [0.25, 0.3) is 11.5 Å². The van der Waals surface area contributed by atoms with E-state index in [2.05, 4.69) is 5.10 Å². The second kappa shape index (κ2) is 7.68. The van der Waals surface area contributed by atoms with E-state index >= 15 is 0 Å². The fraction of sp³-hybridized carbons (Fsp3) is 0.227. The topological polar surface area (TPSA) is 75.2 Å². The zero-order chi connectivity index (χ0) is 19.5. The number of likely N-dealkylation sites (tertiary alicyclic amines) is 1. The number of hydrogen-bond donors (Lipinski definition) is 1. The van der Waals surface area contributed by atoms with Gasteiger partial charge in [-0.25, -0.2) is 4.68 Å². The highest BCUT2D eigenvalue weighted by molar-refractivity contribution is 5.99. The summed E-state index contributed by atoms with van der Waals surface area (Å²) in [5.41, 5.74) is 1.29. The van der Waals surface area contributed by atoms with Gasteiger partial charge in [0.1, 0.15) is 5.69 Å². The lowest BCUT2D eigenvalue weighted by atomic mass is 9.90. The molecular weight excluding hydrogens is 354 g/mol. The summed E-state index contributed by atoms with van der Waals surface area (Å²) in [5.74, 6) is -0.408. The Bertz CT molecular complexity index is 1040. The highest BCUT2D eigenvalue weighted by Gasteiger charge is 2.30. The largest absolute Gasteiger partial charge is 0.337 e. The average molecular weight is 375 g/mol. The number of para-hydroxylation sites is 1. The molecule has 2 heterocycles. The first-order chi connectivity index (χ1) is 13.6. The van der Waals surface area contributed by atoms with Crippen LogP contribution in [0.4, 0.5) is 0 Å². The molecule has 28 heavy (non-hydrogen) atoms. The number of nitrogens with zero attached hydrogens (tertiary/aromatic N) is 2. The molecule has 1 aliphatic rings. The van der Waals surface area contributed by atoms with E-state index < -0.39 is 0 Å². The first-order valence-electron chi connectivity index (χ1n) is 9.39. The maximum atomic E-state index is 12.9. The Morgan fingerprint density at radius 3 is 2.36 bits per heavy atom. The number of nitrogens with one attached hydrogen (secondary N) is 1. The summed E-state index contributed by atoms with van der Waals surface area (Å²) < 4.78 is 1.35. The van der Waals surface area contributed by atoms with Gasteiger partial charge in [-0.1, -0.05) is 48.5 Å². The van der Waals surface area contributed by atoms with Crippen LogP contribution < -0.4 is 5.56 Å². The molecule has 1 amide bonds. The molecule has 1 aromatic heterocycles. The van der Waals surface area contributed by atoms with Gasteiger partial charge in [0.2, 0.25) is 0 Å². The van der Waals surface area contributed by atoms with Crippen LogP contribution in [0.3, 0.4) is 0 Å². The SMILES string of the molecule is O=C(c1ccccc1)[C@H]1CCCN(C(=O)c2cc(=O)n(-c3ccccc3)[nH]2)C1. The van der Waals surface area contributed by atoms with Crippen LogP contribution in [0.25, 0.3) is 5.69 Å². The van der Waals surface area contributed by atoms with Crippen LogP contribution in [-0.4, -0.2) is 39.5 Å². The van der Waals surface area contributed by atoms with Gasteiger partial charge in [-0.2, -0.15) is 0 Å². The van der Waals surface area contributed by atoms with E-state index in [1.54, 1.807) is 29.2 Å². The standard InChI is InChI=1S/C22H21N3O3/c26-20-14-19(23-25(20)18-11-5-2-6-12-18)22(28)24-13-7-10-17(15-24)21(27)16-8-3-1-4-9-16/h1-6,8-9,11-12,14,17,23H,7,10,13,15H2/t17-/m0/s1. The van der Waals surface area contributed by atoms with Crippen LogP contribution in [0, 0.1) is 5.92 Å². The minimum atomic E-state index is -0.288. The van der Waals surface area contributed by atoms with E-state index in [1.807, 2.05) is 36.4 Å². The quantitative estimate of drug-likeness (QED) is 0.713. The summed E-state index contributed by atoms with van der Waals surface area (Å²) >= 11 is 0. The van der Waals surface area contributed by atoms with Crippen molar-refractivity contribution < 1.29 is 9.59 Å². The molecule has 142 valence electrons.